The number of aromatic nitrogens is 2. The van der Waals surface area contributed by atoms with Gasteiger partial charge in [-0.2, -0.15) is 18.2 Å². The number of hydrogen-bond donors (Lipinski definition) is 1. The minimum absolute atomic E-state index is 0.0631. The molecule has 0 saturated carbocycles. The maximum Gasteiger partial charge on any atom is 0.416 e. The molecule has 1 heterocycles. The van der Waals surface area contributed by atoms with Crippen molar-refractivity contribution in [2.24, 2.45) is 5.73 Å². The van der Waals surface area contributed by atoms with Crippen LogP contribution in [-0.2, 0) is 19.0 Å². The summed E-state index contributed by atoms with van der Waals surface area (Å²) in [6.07, 6.45) is -2.92. The van der Waals surface area contributed by atoms with Crippen LogP contribution < -0.4 is 5.73 Å². The standard InChI is InChI=1S/C14H16F3N3O/c1-2-11(18)8-13-19-12(20-21-13)7-9-4-3-5-10(6-9)14(15,16)17/h3-6,11H,2,7-8,18H2,1H3. The van der Waals surface area contributed by atoms with Crippen LogP contribution in [0.15, 0.2) is 28.8 Å². The van der Waals surface area contributed by atoms with Crippen molar-refractivity contribution in [2.45, 2.75) is 38.4 Å². The van der Waals surface area contributed by atoms with Gasteiger partial charge in [0.2, 0.25) is 5.89 Å². The SMILES string of the molecule is CCC(N)Cc1nc(Cc2cccc(C(F)(F)F)c2)no1. The summed E-state index contributed by atoms with van der Waals surface area (Å²) >= 11 is 0. The van der Waals surface area contributed by atoms with Crippen LogP contribution in [0.2, 0.25) is 0 Å². The first kappa shape index (κ1) is 15.5. The summed E-state index contributed by atoms with van der Waals surface area (Å²) in [5.41, 5.74) is 5.58. The zero-order valence-electron chi connectivity index (χ0n) is 11.5. The molecular formula is C14H16F3N3O. The monoisotopic (exact) mass is 299 g/mol. The fraction of sp³-hybridized carbons (Fsp3) is 0.429. The summed E-state index contributed by atoms with van der Waals surface area (Å²) in [5.74, 6) is 0.763. The van der Waals surface area contributed by atoms with Gasteiger partial charge >= 0.3 is 6.18 Å². The van der Waals surface area contributed by atoms with E-state index in [2.05, 4.69) is 10.1 Å². The normalized spacial score (nSPS) is 13.4. The Labute approximate surface area is 120 Å². The van der Waals surface area contributed by atoms with E-state index >= 15 is 0 Å². The van der Waals surface area contributed by atoms with Gasteiger partial charge in [0.05, 0.1) is 5.56 Å². The Bertz CT molecular complexity index is 595. The molecule has 0 bridgehead atoms. The molecule has 1 unspecified atom stereocenters. The van der Waals surface area contributed by atoms with Crippen molar-refractivity contribution in [2.75, 3.05) is 0 Å². The summed E-state index contributed by atoms with van der Waals surface area (Å²) in [7, 11) is 0. The van der Waals surface area contributed by atoms with Crippen LogP contribution in [0.1, 0.15) is 36.2 Å². The van der Waals surface area contributed by atoms with Crippen molar-refractivity contribution >= 4 is 0 Å². The van der Waals surface area contributed by atoms with E-state index in [1.54, 1.807) is 6.07 Å². The van der Waals surface area contributed by atoms with Crippen molar-refractivity contribution in [3.8, 4) is 0 Å². The fourth-order valence-corrected chi connectivity index (χ4v) is 1.85. The molecule has 0 aliphatic heterocycles. The van der Waals surface area contributed by atoms with Gasteiger partial charge in [0.1, 0.15) is 0 Å². The first-order valence-electron chi connectivity index (χ1n) is 6.61. The lowest BCUT2D eigenvalue weighted by molar-refractivity contribution is -0.137. The molecule has 0 fully saturated rings. The predicted molar refractivity (Wildman–Crippen MR) is 70.5 cm³/mol. The van der Waals surface area contributed by atoms with Gasteiger partial charge in [0.25, 0.3) is 0 Å². The van der Waals surface area contributed by atoms with Gasteiger partial charge in [-0.3, -0.25) is 0 Å². The minimum Gasteiger partial charge on any atom is -0.339 e. The Morgan fingerprint density at radius 3 is 2.76 bits per heavy atom. The maximum atomic E-state index is 12.6. The van der Waals surface area contributed by atoms with Crippen molar-refractivity contribution in [1.29, 1.82) is 0 Å². The lowest BCUT2D eigenvalue weighted by Gasteiger charge is -2.07. The van der Waals surface area contributed by atoms with E-state index in [0.717, 1.165) is 18.6 Å². The second kappa shape index (κ2) is 6.26. The van der Waals surface area contributed by atoms with Crippen molar-refractivity contribution in [1.82, 2.24) is 10.1 Å². The molecule has 0 spiro atoms. The molecule has 1 aromatic carbocycles. The molecule has 21 heavy (non-hydrogen) atoms. The zero-order chi connectivity index (χ0) is 15.5. The van der Waals surface area contributed by atoms with Gasteiger partial charge in [-0.1, -0.05) is 30.3 Å². The molecule has 1 aromatic heterocycles. The lowest BCUT2D eigenvalue weighted by Crippen LogP contribution is -2.21. The van der Waals surface area contributed by atoms with Gasteiger partial charge in [0, 0.05) is 18.9 Å². The molecule has 2 rings (SSSR count). The van der Waals surface area contributed by atoms with Gasteiger partial charge < -0.3 is 10.3 Å². The van der Waals surface area contributed by atoms with E-state index in [1.807, 2.05) is 6.92 Å². The van der Waals surface area contributed by atoms with Crippen LogP contribution in [0.25, 0.3) is 0 Å². The third kappa shape index (κ3) is 4.29. The van der Waals surface area contributed by atoms with Crippen LogP contribution in [0.5, 0.6) is 0 Å². The molecule has 0 amide bonds. The van der Waals surface area contributed by atoms with Crippen LogP contribution in [-0.4, -0.2) is 16.2 Å². The minimum atomic E-state index is -4.35. The molecular weight excluding hydrogens is 283 g/mol. The Morgan fingerprint density at radius 2 is 2.10 bits per heavy atom. The Kier molecular flexibility index (Phi) is 4.62. The second-order valence-corrected chi connectivity index (χ2v) is 4.85. The van der Waals surface area contributed by atoms with E-state index in [1.165, 1.54) is 6.07 Å². The Morgan fingerprint density at radius 1 is 1.33 bits per heavy atom. The molecule has 0 saturated heterocycles. The highest BCUT2D eigenvalue weighted by molar-refractivity contribution is 5.27. The van der Waals surface area contributed by atoms with Crippen molar-refractivity contribution < 1.29 is 17.7 Å². The largest absolute Gasteiger partial charge is 0.416 e. The van der Waals surface area contributed by atoms with Crippen LogP contribution in [0, 0.1) is 0 Å². The molecule has 2 aromatic rings. The quantitative estimate of drug-likeness (QED) is 0.922. The second-order valence-electron chi connectivity index (χ2n) is 4.85. The number of benzene rings is 1. The average Bonchev–Trinajstić information content (AvgIpc) is 2.85. The third-order valence-corrected chi connectivity index (χ3v) is 3.09. The molecule has 1 atom stereocenters. The van der Waals surface area contributed by atoms with E-state index < -0.39 is 11.7 Å². The maximum absolute atomic E-state index is 12.6. The average molecular weight is 299 g/mol. The Hall–Kier alpha value is -1.89. The van der Waals surface area contributed by atoms with E-state index in [4.69, 9.17) is 10.3 Å². The smallest absolute Gasteiger partial charge is 0.339 e. The molecule has 4 nitrogen and oxygen atoms in total. The first-order valence-corrected chi connectivity index (χ1v) is 6.61. The molecule has 0 aliphatic carbocycles. The van der Waals surface area contributed by atoms with Crippen LogP contribution >= 0.6 is 0 Å². The summed E-state index contributed by atoms with van der Waals surface area (Å²) < 4.78 is 42.9. The predicted octanol–water partition coefficient (Wildman–Crippen LogP) is 2.96. The van der Waals surface area contributed by atoms with Gasteiger partial charge in [-0.25, -0.2) is 0 Å². The highest BCUT2D eigenvalue weighted by Crippen LogP contribution is 2.29. The van der Waals surface area contributed by atoms with Crippen molar-refractivity contribution in [3.63, 3.8) is 0 Å². The summed E-state index contributed by atoms with van der Waals surface area (Å²) in [6, 6.07) is 5.03. The summed E-state index contributed by atoms with van der Waals surface area (Å²) in [4.78, 5) is 4.15. The molecule has 0 aliphatic rings. The van der Waals surface area contributed by atoms with Gasteiger partial charge in [-0.15, -0.1) is 0 Å². The fourth-order valence-electron chi connectivity index (χ4n) is 1.85. The number of nitrogens with zero attached hydrogens (tertiary/aromatic N) is 2. The number of hydrogen-bond acceptors (Lipinski definition) is 4. The number of nitrogens with two attached hydrogens (primary N) is 1. The van der Waals surface area contributed by atoms with E-state index in [9.17, 15) is 13.2 Å². The van der Waals surface area contributed by atoms with E-state index in [-0.39, 0.29) is 12.5 Å². The van der Waals surface area contributed by atoms with Crippen molar-refractivity contribution in [3.05, 3.63) is 47.1 Å². The van der Waals surface area contributed by atoms with Crippen LogP contribution in [0.4, 0.5) is 13.2 Å². The van der Waals surface area contributed by atoms with Gasteiger partial charge in [-0.05, 0) is 18.1 Å². The first-order chi connectivity index (χ1) is 9.88. The highest BCUT2D eigenvalue weighted by atomic mass is 19.4. The topological polar surface area (TPSA) is 64.9 Å². The summed E-state index contributed by atoms with van der Waals surface area (Å²) in [5, 5.41) is 3.77. The molecule has 2 N–H and O–H groups in total. The molecule has 7 heteroatoms. The highest BCUT2D eigenvalue weighted by Gasteiger charge is 2.30. The van der Waals surface area contributed by atoms with Crippen LogP contribution in [0.3, 0.4) is 0 Å². The van der Waals surface area contributed by atoms with Gasteiger partial charge in [0.15, 0.2) is 5.82 Å². The molecule has 0 radical (unpaired) electrons. The lowest BCUT2D eigenvalue weighted by atomic mass is 10.1. The zero-order valence-corrected chi connectivity index (χ0v) is 11.5. The summed E-state index contributed by atoms with van der Waals surface area (Å²) in [6.45, 7) is 1.95. The third-order valence-electron chi connectivity index (χ3n) is 3.09. The van der Waals surface area contributed by atoms with E-state index in [0.29, 0.717) is 23.7 Å². The Balaban J connectivity index is 2.08. The number of alkyl halides is 3. The number of halogens is 3. The molecule has 114 valence electrons. The number of rotatable bonds is 5.